The summed E-state index contributed by atoms with van der Waals surface area (Å²) in [6.07, 6.45) is 0. The van der Waals surface area contributed by atoms with E-state index in [1.165, 1.54) is 30.9 Å². The number of urea groups is 2. The number of carbonyl (C=O) groups excluding carboxylic acids is 7. The van der Waals surface area contributed by atoms with Gasteiger partial charge in [-0.25, -0.2) is 19.2 Å². The zero-order valence-corrected chi connectivity index (χ0v) is 80.2. The normalized spacial score (nSPS) is 20.2. The Morgan fingerprint density at radius 1 is 0.396 bits per heavy atom. The number of ether oxygens (including phenoxy) is 2. The molecule has 4 unspecified atom stereocenters. The van der Waals surface area contributed by atoms with E-state index in [1.807, 2.05) is 197 Å². The van der Waals surface area contributed by atoms with E-state index in [-0.39, 0.29) is 114 Å². The van der Waals surface area contributed by atoms with Gasteiger partial charge in [-0.3, -0.25) is 38.7 Å². The number of amides is 7. The molecule has 0 aliphatic carbocycles. The molecule has 704 valence electrons. The molecule has 134 heavy (non-hydrogen) atoms. The first kappa shape index (κ1) is 105. The number of likely N-dealkylation sites (N-methyl/N-ethyl adjacent to an activating group) is 2. The number of methoxy groups -OCH3 is 2. The van der Waals surface area contributed by atoms with Gasteiger partial charge in [0.1, 0.15) is 30.2 Å². The number of nitrogens with one attached hydrogen (secondary N) is 1. The Balaban J connectivity index is 0.000000206. The van der Waals surface area contributed by atoms with Crippen molar-refractivity contribution in [2.24, 2.45) is 29.6 Å². The van der Waals surface area contributed by atoms with Crippen molar-refractivity contribution in [2.75, 3.05) is 107 Å². The van der Waals surface area contributed by atoms with Crippen molar-refractivity contribution < 1.29 is 87.2 Å². The standard InChI is InChI=1S/C36H43N3O4.C34H40N4O4.C22H19NO2.C13H25N3O3.C2H3N.Li.H2O/c1-25(2)32(35(42)43-5)27(4)33(40)37-21-22-38(26(3)23-37)34(41)31-24-39(31)36(28-15-9-6-10-16-28,29-17-11-7-12-18-29)30-19-13-8-14-20-30;1-24(2)30(32(40)41)35(4)33(42)36-20-21-37(25(3)22-36)31(39)29-23-38(29)34(26-14-8-5-9-15-26,27-16-10-6-11-17-27)28-18-12-7-13-19-28;24-21(25)20-16-23(20)22(17-10-4-1-5-11-17,18-12-6-2-7-13-18)19-14-8-3-9-15-19;1-9(2)11(12(17)19-5)15(4)13(18)16-7-6-14-10(3)8-16;1-2-3;;/h6-20,25-27,31-32H,21-24H2,1-5H3;5-19,24-25,29-30H,20-23H2,1-4H3,(H,40,41);1-15,20H,16H2,(H,24,25);9-11,14H,6-8H2,1-5H3;1H3;;1H2/q;;;;;+1;/p-1/t26-,27?,31+,32-,39?;25-,29+,30+,38?;20-,23?;10-,11-;;;/m1100.../s1. The van der Waals surface area contributed by atoms with Crippen molar-refractivity contribution in [3.63, 3.8) is 0 Å². The SMILES string of the molecule is CC#N.CC(C)[C@@H](C(=O)O)N(C)C(=O)N1CCN(C(=O)[C@@H]2CN2C(c2ccccc2)(c2ccccc2)c2ccccc2)[C@H](C)C1.COC(=O)[C@H](C(C)C)C(C)C(=O)N1CCN(C(=O)[C@@H]2CN2C(c2ccccc2)(c2ccccc2)c2ccccc2)[C@H](C)C1.COC(=O)[C@H](C(C)C)N(C)C(=O)N1CCN[C@@H](C)C1.O=C(O)[C@@H]1CN1C(c1ccccc1)(c1ccccc1)c1ccccc1.[Li+].[OH-]. The molecule has 27 heteroatoms. The number of aliphatic carboxylic acids is 2. The number of rotatable bonds is 25. The molecule has 13 atom stereocenters. The van der Waals surface area contributed by atoms with Crippen molar-refractivity contribution in [3.05, 3.63) is 323 Å². The smallest absolute Gasteiger partial charge is 0.870 e. The molecule has 6 aliphatic heterocycles. The van der Waals surface area contributed by atoms with Crippen LogP contribution in [0.5, 0.6) is 0 Å². The Morgan fingerprint density at radius 2 is 0.664 bits per heavy atom. The molecule has 0 bridgehead atoms. The third-order valence-corrected chi connectivity index (χ3v) is 26.3. The Morgan fingerprint density at radius 3 is 0.918 bits per heavy atom. The molecule has 6 aliphatic rings. The van der Waals surface area contributed by atoms with Gasteiger partial charge in [0, 0.05) is 124 Å². The first-order chi connectivity index (χ1) is 63.4. The number of carboxylic acid groups (broad SMARTS) is 2. The number of nitrogens with zero attached hydrogens (tertiary/aromatic N) is 11. The van der Waals surface area contributed by atoms with Crippen LogP contribution in [0.3, 0.4) is 0 Å². The van der Waals surface area contributed by atoms with Gasteiger partial charge in [0.15, 0.2) is 0 Å². The van der Waals surface area contributed by atoms with E-state index >= 15 is 0 Å². The summed E-state index contributed by atoms with van der Waals surface area (Å²) in [7, 11) is 5.92. The molecule has 6 fully saturated rings. The van der Waals surface area contributed by atoms with Crippen molar-refractivity contribution in [3.8, 4) is 6.07 Å². The fourth-order valence-corrected chi connectivity index (χ4v) is 19.9. The van der Waals surface area contributed by atoms with Crippen LogP contribution in [0.25, 0.3) is 0 Å². The predicted octanol–water partition coefficient (Wildman–Crippen LogP) is 10.8. The summed E-state index contributed by atoms with van der Waals surface area (Å²) in [5.74, 6) is -3.66. The number of benzene rings is 9. The van der Waals surface area contributed by atoms with Gasteiger partial charge >= 0.3 is 54.8 Å². The monoisotopic (exact) mass is 1820 g/mol. The van der Waals surface area contributed by atoms with E-state index in [9.17, 15) is 53.4 Å². The van der Waals surface area contributed by atoms with Crippen molar-refractivity contribution in [2.45, 2.75) is 141 Å². The summed E-state index contributed by atoms with van der Waals surface area (Å²) in [6, 6.07) is 91.6. The number of carboxylic acids is 2. The Kier molecular flexibility index (Phi) is 37.8. The molecule has 0 spiro atoms. The second kappa shape index (κ2) is 48.1. The van der Waals surface area contributed by atoms with Crippen LogP contribution in [0.15, 0.2) is 273 Å². The van der Waals surface area contributed by atoms with Gasteiger partial charge in [0.25, 0.3) is 0 Å². The van der Waals surface area contributed by atoms with Crippen LogP contribution in [0.4, 0.5) is 9.59 Å². The van der Waals surface area contributed by atoms with Crippen LogP contribution in [0.2, 0.25) is 0 Å². The summed E-state index contributed by atoms with van der Waals surface area (Å²) in [4.78, 5) is 134. The number of hydrogen-bond acceptors (Lipinski definition) is 17. The first-order valence-electron chi connectivity index (χ1n) is 45.8. The van der Waals surface area contributed by atoms with E-state index in [0.717, 1.165) is 56.6 Å². The van der Waals surface area contributed by atoms with Crippen LogP contribution >= 0.6 is 0 Å². The van der Waals surface area contributed by atoms with Gasteiger partial charge < -0.3 is 64.8 Å². The topological polar surface area (TPSA) is 310 Å². The minimum Gasteiger partial charge on any atom is -0.870 e. The molecule has 0 saturated carbocycles. The molecule has 15 rings (SSSR count). The number of piperazine rings is 3. The summed E-state index contributed by atoms with van der Waals surface area (Å²) in [6.45, 7) is 26.9. The number of hydrogen-bond donors (Lipinski definition) is 3. The molecule has 26 nitrogen and oxygen atoms in total. The second-order valence-corrected chi connectivity index (χ2v) is 35.9. The van der Waals surface area contributed by atoms with Gasteiger partial charge in [0.05, 0.1) is 42.8 Å². The Hall–Kier alpha value is -12.3. The average Bonchev–Trinajstić information content (AvgIpc) is 1.56. The van der Waals surface area contributed by atoms with E-state index in [4.69, 9.17) is 14.7 Å². The summed E-state index contributed by atoms with van der Waals surface area (Å²) in [5.41, 5.74) is 8.01. The third kappa shape index (κ3) is 23.2. The molecule has 0 radical (unpaired) electrons. The summed E-state index contributed by atoms with van der Waals surface area (Å²) < 4.78 is 9.79. The minimum absolute atomic E-state index is 0. The molecule has 7 amide bonds. The van der Waals surface area contributed by atoms with Crippen molar-refractivity contribution >= 4 is 53.7 Å². The molecular formula is C107H131LiN12O14. The van der Waals surface area contributed by atoms with E-state index < -0.39 is 58.5 Å². The number of esters is 2. The predicted molar refractivity (Wildman–Crippen MR) is 512 cm³/mol. The van der Waals surface area contributed by atoms with E-state index in [0.29, 0.717) is 72.0 Å². The van der Waals surface area contributed by atoms with Crippen molar-refractivity contribution in [1.82, 2.24) is 54.3 Å². The van der Waals surface area contributed by atoms with Crippen molar-refractivity contribution in [1.29, 1.82) is 5.26 Å². The molecule has 9 aromatic carbocycles. The maximum Gasteiger partial charge on any atom is 1.00 e. The van der Waals surface area contributed by atoms with Gasteiger partial charge in [-0.2, -0.15) is 5.26 Å². The summed E-state index contributed by atoms with van der Waals surface area (Å²) in [5, 5.41) is 29.9. The maximum absolute atomic E-state index is 14.2. The number of carbonyl (C=O) groups is 9. The van der Waals surface area contributed by atoms with E-state index in [1.54, 1.807) is 43.8 Å². The fourth-order valence-electron chi connectivity index (χ4n) is 19.9. The molecule has 6 heterocycles. The Labute approximate surface area is 802 Å². The first-order valence-corrected chi connectivity index (χ1v) is 45.8. The van der Waals surface area contributed by atoms with Gasteiger partial charge in [-0.1, -0.05) is 321 Å². The Bertz CT molecular complexity index is 5060. The van der Waals surface area contributed by atoms with Gasteiger partial charge in [-0.15, -0.1) is 0 Å². The van der Waals surface area contributed by atoms with E-state index in [2.05, 4.69) is 166 Å². The van der Waals surface area contributed by atoms with Gasteiger partial charge in [0.2, 0.25) is 17.7 Å². The van der Waals surface area contributed by atoms with Crippen LogP contribution in [-0.2, 0) is 59.7 Å². The largest absolute Gasteiger partial charge is 1.00 e. The average molecular weight is 1820 g/mol. The van der Waals surface area contributed by atoms with Crippen LogP contribution in [-0.4, -0.2) is 274 Å². The fraction of sp³-hybridized carbons (Fsp3) is 0.402. The zero-order chi connectivity index (χ0) is 95.3. The molecule has 6 saturated heterocycles. The third-order valence-electron chi connectivity index (χ3n) is 26.3. The molecular weight excluding hydrogens is 1680 g/mol. The van der Waals surface area contributed by atoms with Gasteiger partial charge in [-0.05, 0) is 88.6 Å². The van der Waals surface area contributed by atoms with Crippen LogP contribution in [0, 0.1) is 40.9 Å². The summed E-state index contributed by atoms with van der Waals surface area (Å²) >= 11 is 0. The molecule has 9 aromatic rings. The van der Waals surface area contributed by atoms with Crippen LogP contribution < -0.4 is 24.2 Å². The zero-order valence-electron chi connectivity index (χ0n) is 80.2. The minimum atomic E-state index is -1.02. The second-order valence-electron chi connectivity index (χ2n) is 35.9. The quantitative estimate of drug-likeness (QED) is 0.0207. The molecule has 0 aromatic heterocycles. The molecule has 4 N–H and O–H groups in total. The van der Waals surface area contributed by atoms with Crippen LogP contribution in [0.1, 0.15) is 126 Å². The maximum atomic E-state index is 14.2. The number of nitriles is 1.